The minimum Gasteiger partial charge on any atom is -0.490 e. The molecule has 0 spiro atoms. The number of hydrogen-bond acceptors (Lipinski definition) is 8. The van der Waals surface area contributed by atoms with E-state index < -0.39 is 18.4 Å². The maximum absolute atomic E-state index is 12.2. The first kappa shape index (κ1) is 20.8. The van der Waals surface area contributed by atoms with E-state index in [1.54, 1.807) is 0 Å². The van der Waals surface area contributed by atoms with Gasteiger partial charge in [-0.15, -0.1) is 0 Å². The molecule has 27 heavy (non-hydrogen) atoms. The lowest BCUT2D eigenvalue weighted by molar-refractivity contribution is -0.165. The number of nitrogens with two attached hydrogens (primary N) is 1. The van der Waals surface area contributed by atoms with Crippen LogP contribution < -0.4 is 15.2 Å². The minimum atomic E-state index is -1.01. The Morgan fingerprint density at radius 3 is 2.63 bits per heavy atom. The van der Waals surface area contributed by atoms with Crippen molar-refractivity contribution in [1.29, 1.82) is 0 Å². The standard InChI is InChI=1S/C18H26N2O7/c1-3-23-15-6-4-5-7-16(15)25-12-14-11-20(8-9-24-14)18(22)27-13(2)26-17(21)10-19/h4-7,13-14H,3,8-12,19H2,1-2H3. The van der Waals surface area contributed by atoms with Crippen molar-refractivity contribution in [3.63, 3.8) is 0 Å². The third kappa shape index (κ3) is 6.61. The summed E-state index contributed by atoms with van der Waals surface area (Å²) in [5, 5.41) is 0. The minimum absolute atomic E-state index is 0.256. The fraction of sp³-hybridized carbons (Fsp3) is 0.556. The van der Waals surface area contributed by atoms with Gasteiger partial charge >= 0.3 is 12.1 Å². The Balaban J connectivity index is 1.83. The highest BCUT2D eigenvalue weighted by molar-refractivity contribution is 5.72. The van der Waals surface area contributed by atoms with Crippen LogP contribution in [-0.2, 0) is 19.0 Å². The predicted octanol–water partition coefficient (Wildman–Crippen LogP) is 1.15. The highest BCUT2D eigenvalue weighted by atomic mass is 16.7. The molecule has 1 aromatic rings. The first-order valence-electron chi connectivity index (χ1n) is 8.84. The second-order valence-electron chi connectivity index (χ2n) is 5.77. The van der Waals surface area contributed by atoms with Crippen molar-refractivity contribution in [3.8, 4) is 11.5 Å². The Kier molecular flexibility index (Phi) is 8.15. The SMILES string of the molecule is CCOc1ccccc1OCC1CN(C(=O)OC(C)OC(=O)CN)CCO1. The van der Waals surface area contributed by atoms with E-state index in [1.807, 2.05) is 31.2 Å². The molecular weight excluding hydrogens is 356 g/mol. The van der Waals surface area contributed by atoms with Gasteiger partial charge in [-0.3, -0.25) is 4.79 Å². The van der Waals surface area contributed by atoms with Gasteiger partial charge in [0.05, 0.1) is 26.3 Å². The van der Waals surface area contributed by atoms with Gasteiger partial charge in [0, 0.05) is 13.5 Å². The van der Waals surface area contributed by atoms with E-state index in [2.05, 4.69) is 0 Å². The molecule has 1 aromatic carbocycles. The molecule has 1 amide bonds. The van der Waals surface area contributed by atoms with Crippen LogP contribution >= 0.6 is 0 Å². The van der Waals surface area contributed by atoms with Crippen molar-refractivity contribution in [2.24, 2.45) is 5.73 Å². The molecular formula is C18H26N2O7. The zero-order chi connectivity index (χ0) is 19.6. The Morgan fingerprint density at radius 1 is 1.26 bits per heavy atom. The topological polar surface area (TPSA) is 110 Å². The Bertz CT molecular complexity index is 625. The van der Waals surface area contributed by atoms with Gasteiger partial charge in [-0.2, -0.15) is 0 Å². The third-order valence-electron chi connectivity index (χ3n) is 3.70. The van der Waals surface area contributed by atoms with Crippen LogP contribution in [0.3, 0.4) is 0 Å². The molecule has 1 aliphatic rings. The molecule has 0 radical (unpaired) electrons. The molecule has 0 aromatic heterocycles. The normalized spacial score (nSPS) is 17.7. The number of morpholine rings is 1. The van der Waals surface area contributed by atoms with Gasteiger partial charge in [-0.1, -0.05) is 12.1 Å². The number of carbonyl (C=O) groups is 2. The summed E-state index contributed by atoms with van der Waals surface area (Å²) in [7, 11) is 0. The van der Waals surface area contributed by atoms with Crippen molar-refractivity contribution in [2.45, 2.75) is 26.2 Å². The lowest BCUT2D eigenvalue weighted by Gasteiger charge is -2.32. The van der Waals surface area contributed by atoms with Crippen molar-refractivity contribution in [2.75, 3.05) is 39.5 Å². The number of hydrogen-bond donors (Lipinski definition) is 1. The Hall–Kier alpha value is -2.52. The van der Waals surface area contributed by atoms with E-state index in [4.69, 9.17) is 29.4 Å². The maximum atomic E-state index is 12.2. The van der Waals surface area contributed by atoms with Crippen LogP contribution in [0.5, 0.6) is 11.5 Å². The van der Waals surface area contributed by atoms with Gasteiger partial charge in [-0.05, 0) is 19.1 Å². The Morgan fingerprint density at radius 2 is 1.96 bits per heavy atom. The number of para-hydroxylation sites is 2. The number of nitrogens with zero attached hydrogens (tertiary/aromatic N) is 1. The largest absolute Gasteiger partial charge is 0.490 e. The van der Waals surface area contributed by atoms with E-state index in [0.29, 0.717) is 37.8 Å². The molecule has 2 unspecified atom stereocenters. The van der Waals surface area contributed by atoms with Gasteiger partial charge < -0.3 is 34.3 Å². The molecule has 0 bridgehead atoms. The molecule has 1 heterocycles. The molecule has 150 valence electrons. The second-order valence-corrected chi connectivity index (χ2v) is 5.77. The van der Waals surface area contributed by atoms with Crippen molar-refractivity contribution in [1.82, 2.24) is 4.90 Å². The van der Waals surface area contributed by atoms with E-state index in [9.17, 15) is 9.59 Å². The highest BCUT2D eigenvalue weighted by Crippen LogP contribution is 2.26. The summed E-state index contributed by atoms with van der Waals surface area (Å²) >= 11 is 0. The molecule has 1 fully saturated rings. The van der Waals surface area contributed by atoms with Crippen LogP contribution in [0.25, 0.3) is 0 Å². The summed E-state index contributed by atoms with van der Waals surface area (Å²) in [4.78, 5) is 24.8. The summed E-state index contributed by atoms with van der Waals surface area (Å²) < 4.78 is 26.9. The average Bonchev–Trinajstić information content (AvgIpc) is 2.67. The van der Waals surface area contributed by atoms with E-state index >= 15 is 0 Å². The summed E-state index contributed by atoms with van der Waals surface area (Å²) in [6.45, 7) is 4.90. The van der Waals surface area contributed by atoms with Crippen molar-refractivity contribution < 1.29 is 33.3 Å². The van der Waals surface area contributed by atoms with Gasteiger partial charge in [0.25, 0.3) is 0 Å². The van der Waals surface area contributed by atoms with Crippen LogP contribution in [0.2, 0.25) is 0 Å². The van der Waals surface area contributed by atoms with Gasteiger partial charge in [0.2, 0.25) is 6.29 Å². The fourth-order valence-corrected chi connectivity index (χ4v) is 2.49. The lowest BCUT2D eigenvalue weighted by Crippen LogP contribution is -2.48. The summed E-state index contributed by atoms with van der Waals surface area (Å²) in [5.74, 6) is 0.629. The molecule has 2 rings (SSSR count). The van der Waals surface area contributed by atoms with Gasteiger partial charge in [0.1, 0.15) is 12.7 Å². The van der Waals surface area contributed by atoms with Crippen LogP contribution in [0.15, 0.2) is 24.3 Å². The molecule has 9 nitrogen and oxygen atoms in total. The first-order chi connectivity index (χ1) is 13.0. The molecule has 1 aliphatic heterocycles. The number of carbonyl (C=O) groups excluding carboxylic acids is 2. The fourth-order valence-electron chi connectivity index (χ4n) is 2.49. The number of esters is 1. The number of amides is 1. The first-order valence-corrected chi connectivity index (χ1v) is 8.84. The third-order valence-corrected chi connectivity index (χ3v) is 3.70. The summed E-state index contributed by atoms with van der Waals surface area (Å²) in [5.41, 5.74) is 5.16. The van der Waals surface area contributed by atoms with Gasteiger partial charge in [0.15, 0.2) is 11.5 Å². The van der Waals surface area contributed by atoms with Crippen molar-refractivity contribution >= 4 is 12.1 Å². The zero-order valence-corrected chi connectivity index (χ0v) is 15.6. The number of benzene rings is 1. The molecule has 9 heteroatoms. The average molecular weight is 382 g/mol. The molecule has 2 N–H and O–H groups in total. The van der Waals surface area contributed by atoms with E-state index in [-0.39, 0.29) is 19.3 Å². The van der Waals surface area contributed by atoms with Crippen molar-refractivity contribution in [3.05, 3.63) is 24.3 Å². The second kappa shape index (κ2) is 10.6. The molecule has 2 atom stereocenters. The monoisotopic (exact) mass is 382 g/mol. The molecule has 0 saturated carbocycles. The van der Waals surface area contributed by atoms with Crippen LogP contribution in [0, 0.1) is 0 Å². The Labute approximate surface area is 158 Å². The summed E-state index contributed by atoms with van der Waals surface area (Å²) in [6.07, 6.45) is -1.91. The van der Waals surface area contributed by atoms with E-state index in [0.717, 1.165) is 0 Å². The van der Waals surface area contributed by atoms with Crippen LogP contribution in [0.4, 0.5) is 4.79 Å². The number of ether oxygens (including phenoxy) is 5. The van der Waals surface area contributed by atoms with Gasteiger partial charge in [-0.25, -0.2) is 4.79 Å². The molecule has 1 saturated heterocycles. The maximum Gasteiger partial charge on any atom is 0.413 e. The lowest BCUT2D eigenvalue weighted by atomic mass is 10.3. The predicted molar refractivity (Wildman–Crippen MR) is 95.5 cm³/mol. The van der Waals surface area contributed by atoms with E-state index in [1.165, 1.54) is 11.8 Å². The highest BCUT2D eigenvalue weighted by Gasteiger charge is 2.27. The smallest absolute Gasteiger partial charge is 0.413 e. The van der Waals surface area contributed by atoms with Crippen LogP contribution in [-0.4, -0.2) is 68.8 Å². The van der Waals surface area contributed by atoms with Crippen LogP contribution in [0.1, 0.15) is 13.8 Å². The summed E-state index contributed by atoms with van der Waals surface area (Å²) in [6, 6.07) is 7.36. The molecule has 0 aliphatic carbocycles. The number of rotatable bonds is 8. The quantitative estimate of drug-likeness (QED) is 0.527. The zero-order valence-electron chi connectivity index (χ0n) is 15.6.